The van der Waals surface area contributed by atoms with Crippen LogP contribution in [0.1, 0.15) is 32.2 Å². The van der Waals surface area contributed by atoms with Gasteiger partial charge in [-0.3, -0.25) is 4.90 Å². The van der Waals surface area contributed by atoms with Gasteiger partial charge in [-0.05, 0) is 56.4 Å². The van der Waals surface area contributed by atoms with Gasteiger partial charge >= 0.3 is 7.12 Å². The second kappa shape index (κ2) is 9.99. The molecule has 3 rings (SSSR count). The van der Waals surface area contributed by atoms with E-state index >= 15 is 0 Å². The maximum atomic E-state index is 9.77. The number of aromatic nitrogens is 5. The molecule has 0 unspecified atom stereocenters. The molecule has 30 heavy (non-hydrogen) atoms. The van der Waals surface area contributed by atoms with Gasteiger partial charge in [-0.15, -0.1) is 0 Å². The Kier molecular flexibility index (Phi) is 7.38. The highest BCUT2D eigenvalue weighted by Crippen LogP contribution is 2.11. The third kappa shape index (κ3) is 5.34. The Balaban J connectivity index is 1.91. The normalized spacial score (nSPS) is 11.6. The van der Waals surface area contributed by atoms with Crippen molar-refractivity contribution in [2.24, 2.45) is 0 Å². The topological polar surface area (TPSA) is 95.5 Å². The zero-order valence-electron chi connectivity index (χ0n) is 18.1. The van der Waals surface area contributed by atoms with Crippen LogP contribution in [0.4, 0.5) is 0 Å². The molecule has 3 heterocycles. The monoisotopic (exact) mass is 411 g/mol. The summed E-state index contributed by atoms with van der Waals surface area (Å²) in [5.41, 5.74) is 2.18. The van der Waals surface area contributed by atoms with Crippen molar-refractivity contribution in [1.29, 1.82) is 0 Å². The maximum absolute atomic E-state index is 9.77. The first-order valence-electron chi connectivity index (χ1n) is 10.3. The van der Waals surface area contributed by atoms with E-state index in [0.717, 1.165) is 44.1 Å². The van der Waals surface area contributed by atoms with Crippen molar-refractivity contribution in [2.75, 3.05) is 26.7 Å². The van der Waals surface area contributed by atoms with E-state index in [0.29, 0.717) is 17.1 Å². The van der Waals surface area contributed by atoms with Crippen LogP contribution in [0.5, 0.6) is 0 Å². The van der Waals surface area contributed by atoms with Crippen LogP contribution in [-0.2, 0) is 13.1 Å². The van der Waals surface area contributed by atoms with E-state index in [2.05, 4.69) is 45.8 Å². The Morgan fingerprint density at radius 1 is 0.867 bits per heavy atom. The quantitative estimate of drug-likeness (QED) is 0.467. The van der Waals surface area contributed by atoms with E-state index in [9.17, 15) is 10.0 Å². The Labute approximate surface area is 177 Å². The van der Waals surface area contributed by atoms with Crippen molar-refractivity contribution in [3.05, 3.63) is 48.0 Å². The highest BCUT2D eigenvalue weighted by atomic mass is 16.4. The third-order valence-electron chi connectivity index (χ3n) is 5.13. The molecule has 0 saturated heterocycles. The second-order valence-corrected chi connectivity index (χ2v) is 7.29. The number of rotatable bonds is 10. The molecular formula is C20H30BN7O2. The van der Waals surface area contributed by atoms with Crippen LogP contribution in [0.15, 0.2) is 36.7 Å². The van der Waals surface area contributed by atoms with Crippen molar-refractivity contribution in [3.8, 4) is 11.6 Å². The summed E-state index contributed by atoms with van der Waals surface area (Å²) in [5, 5.41) is 28.7. The Bertz CT molecular complexity index is 952. The smallest absolute Gasteiger partial charge is 0.423 e. The summed E-state index contributed by atoms with van der Waals surface area (Å²) >= 11 is 0. The molecule has 0 aliphatic rings. The van der Waals surface area contributed by atoms with Gasteiger partial charge in [-0.1, -0.05) is 20.8 Å². The highest BCUT2D eigenvalue weighted by Gasteiger charge is 2.17. The Hall–Kier alpha value is -2.53. The summed E-state index contributed by atoms with van der Waals surface area (Å²) in [6.07, 6.45) is 3.66. The minimum absolute atomic E-state index is 0.332. The molecule has 0 amide bonds. The summed E-state index contributed by atoms with van der Waals surface area (Å²) in [4.78, 5) is 9.08. The SMILES string of the molecule is CCN(C)Cc1ccn(-c2cc(B(O)O)cc(-n3ccc(CN(CC)CC)n3)n2)n1. The van der Waals surface area contributed by atoms with Crippen LogP contribution in [-0.4, -0.2) is 78.2 Å². The van der Waals surface area contributed by atoms with Crippen LogP contribution in [0.25, 0.3) is 11.6 Å². The van der Waals surface area contributed by atoms with Crippen molar-refractivity contribution >= 4 is 12.6 Å². The number of pyridine rings is 1. The summed E-state index contributed by atoms with van der Waals surface area (Å²) in [5.74, 6) is 1.01. The number of nitrogens with zero attached hydrogens (tertiary/aromatic N) is 7. The third-order valence-corrected chi connectivity index (χ3v) is 5.13. The summed E-state index contributed by atoms with van der Waals surface area (Å²) in [6.45, 7) is 10.6. The largest absolute Gasteiger partial charge is 0.488 e. The van der Waals surface area contributed by atoms with Crippen molar-refractivity contribution < 1.29 is 10.0 Å². The first-order chi connectivity index (χ1) is 14.4. The molecule has 10 heteroatoms. The van der Waals surface area contributed by atoms with E-state index < -0.39 is 7.12 Å². The van der Waals surface area contributed by atoms with Crippen molar-refractivity contribution in [2.45, 2.75) is 33.9 Å². The molecule has 0 aliphatic heterocycles. The standard InChI is InChI=1S/C20H30BN7O2/c1-5-25(4)14-17-8-10-27(23-17)19-12-16(21(29)30)13-20(22-19)28-11-9-18(24-28)15-26(6-2)7-3/h8-13,29-30H,5-7,14-15H2,1-4H3. The fraction of sp³-hybridized carbons (Fsp3) is 0.450. The fourth-order valence-electron chi connectivity index (χ4n) is 3.12. The van der Waals surface area contributed by atoms with Gasteiger partial charge in [-0.25, -0.2) is 14.3 Å². The zero-order chi connectivity index (χ0) is 21.7. The summed E-state index contributed by atoms with van der Waals surface area (Å²) in [6, 6.07) is 7.13. The first kappa shape index (κ1) is 22.2. The number of hydrogen-bond acceptors (Lipinski definition) is 7. The van der Waals surface area contributed by atoms with Crippen LogP contribution in [0.2, 0.25) is 0 Å². The summed E-state index contributed by atoms with van der Waals surface area (Å²) in [7, 11) is 0.420. The van der Waals surface area contributed by atoms with Crippen molar-refractivity contribution in [1.82, 2.24) is 34.3 Å². The lowest BCUT2D eigenvalue weighted by atomic mass is 9.81. The molecule has 0 saturated carbocycles. The Morgan fingerprint density at radius 2 is 1.40 bits per heavy atom. The van der Waals surface area contributed by atoms with Gasteiger partial charge in [0, 0.05) is 25.5 Å². The molecular weight excluding hydrogens is 381 g/mol. The summed E-state index contributed by atoms with van der Waals surface area (Å²) < 4.78 is 3.30. The predicted molar refractivity (Wildman–Crippen MR) is 117 cm³/mol. The molecule has 0 aliphatic carbocycles. The second-order valence-electron chi connectivity index (χ2n) is 7.29. The van der Waals surface area contributed by atoms with Gasteiger partial charge in [0.15, 0.2) is 11.6 Å². The van der Waals surface area contributed by atoms with E-state index in [-0.39, 0.29) is 0 Å². The molecule has 0 spiro atoms. The molecule has 2 N–H and O–H groups in total. The average molecular weight is 411 g/mol. The molecule has 0 atom stereocenters. The maximum Gasteiger partial charge on any atom is 0.488 e. The van der Waals surface area contributed by atoms with E-state index in [1.807, 2.05) is 31.6 Å². The molecule has 160 valence electrons. The van der Waals surface area contributed by atoms with Crippen LogP contribution in [0.3, 0.4) is 0 Å². The van der Waals surface area contributed by atoms with E-state index in [1.165, 1.54) is 0 Å². The molecule has 9 nitrogen and oxygen atoms in total. The molecule has 3 aromatic heterocycles. The predicted octanol–water partition coefficient (Wildman–Crippen LogP) is 0.426. The minimum atomic E-state index is -1.61. The average Bonchev–Trinajstić information content (AvgIpc) is 3.41. The van der Waals surface area contributed by atoms with E-state index in [1.54, 1.807) is 21.5 Å². The van der Waals surface area contributed by atoms with Gasteiger partial charge in [0.1, 0.15) is 0 Å². The van der Waals surface area contributed by atoms with Gasteiger partial charge in [0.25, 0.3) is 0 Å². The first-order valence-corrected chi connectivity index (χ1v) is 10.3. The molecule has 0 aromatic carbocycles. The highest BCUT2D eigenvalue weighted by molar-refractivity contribution is 6.58. The van der Waals surface area contributed by atoms with Crippen molar-refractivity contribution in [3.63, 3.8) is 0 Å². The van der Waals surface area contributed by atoms with Gasteiger partial charge in [0.2, 0.25) is 0 Å². The lowest BCUT2D eigenvalue weighted by Crippen LogP contribution is -2.31. The molecule has 0 bridgehead atoms. The van der Waals surface area contributed by atoms with Crippen LogP contribution < -0.4 is 5.46 Å². The van der Waals surface area contributed by atoms with Gasteiger partial charge < -0.3 is 14.9 Å². The van der Waals surface area contributed by atoms with E-state index in [4.69, 9.17) is 0 Å². The molecule has 3 aromatic rings. The van der Waals surface area contributed by atoms with Gasteiger partial charge in [-0.2, -0.15) is 10.2 Å². The fourth-order valence-corrected chi connectivity index (χ4v) is 3.12. The lowest BCUT2D eigenvalue weighted by molar-refractivity contribution is 0.291. The zero-order valence-corrected chi connectivity index (χ0v) is 18.1. The lowest BCUT2D eigenvalue weighted by Gasteiger charge is -2.15. The van der Waals surface area contributed by atoms with Gasteiger partial charge in [0.05, 0.1) is 11.4 Å². The Morgan fingerprint density at radius 3 is 1.87 bits per heavy atom. The minimum Gasteiger partial charge on any atom is -0.423 e. The number of hydrogen-bond donors (Lipinski definition) is 2. The van der Waals surface area contributed by atoms with Crippen LogP contribution in [0, 0.1) is 0 Å². The molecule has 0 radical (unpaired) electrons. The van der Waals surface area contributed by atoms with Crippen LogP contribution >= 0.6 is 0 Å². The molecule has 0 fully saturated rings.